The summed E-state index contributed by atoms with van der Waals surface area (Å²) in [6.07, 6.45) is 0. The average Bonchev–Trinajstić information content (AvgIpc) is 2.47. The summed E-state index contributed by atoms with van der Waals surface area (Å²) in [5.41, 5.74) is 6.31. The fourth-order valence-electron chi connectivity index (χ4n) is 1.97. The second-order valence-corrected chi connectivity index (χ2v) is 6.34. The SMILES string of the molecule is Cc1ccccc1CSc1nc(C(C)C)nc(NN)c1C. The second kappa shape index (κ2) is 6.91. The smallest absolute Gasteiger partial charge is 0.147 e. The fourth-order valence-corrected chi connectivity index (χ4v) is 3.06. The van der Waals surface area contributed by atoms with Gasteiger partial charge in [-0.3, -0.25) is 0 Å². The van der Waals surface area contributed by atoms with Gasteiger partial charge in [0.15, 0.2) is 0 Å². The van der Waals surface area contributed by atoms with E-state index < -0.39 is 0 Å². The van der Waals surface area contributed by atoms with E-state index in [-0.39, 0.29) is 5.92 Å². The van der Waals surface area contributed by atoms with E-state index in [2.05, 4.69) is 60.4 Å². The molecule has 1 aromatic carbocycles. The predicted molar refractivity (Wildman–Crippen MR) is 89.4 cm³/mol. The zero-order chi connectivity index (χ0) is 15.4. The van der Waals surface area contributed by atoms with Gasteiger partial charge in [0.05, 0.1) is 0 Å². The zero-order valence-corrected chi connectivity index (χ0v) is 13.8. The number of anilines is 1. The Hall–Kier alpha value is -1.59. The van der Waals surface area contributed by atoms with Gasteiger partial charge in [0.25, 0.3) is 0 Å². The van der Waals surface area contributed by atoms with Crippen molar-refractivity contribution in [2.45, 2.75) is 44.4 Å². The highest BCUT2D eigenvalue weighted by atomic mass is 32.2. The monoisotopic (exact) mass is 302 g/mol. The van der Waals surface area contributed by atoms with Crippen molar-refractivity contribution in [3.8, 4) is 0 Å². The molecule has 21 heavy (non-hydrogen) atoms. The number of nitrogens with two attached hydrogens (primary N) is 1. The van der Waals surface area contributed by atoms with Gasteiger partial charge in [-0.25, -0.2) is 15.8 Å². The number of nitrogens with one attached hydrogen (secondary N) is 1. The van der Waals surface area contributed by atoms with Crippen LogP contribution in [0.15, 0.2) is 29.3 Å². The lowest BCUT2D eigenvalue weighted by atomic mass is 10.1. The number of rotatable bonds is 5. The molecule has 0 amide bonds. The first-order valence-electron chi connectivity index (χ1n) is 7.05. The molecule has 0 spiro atoms. The van der Waals surface area contributed by atoms with Gasteiger partial charge in [-0.05, 0) is 25.0 Å². The van der Waals surface area contributed by atoms with Crippen LogP contribution >= 0.6 is 11.8 Å². The molecule has 2 aromatic rings. The average molecular weight is 302 g/mol. The number of hydrazine groups is 1. The third kappa shape index (κ3) is 3.74. The summed E-state index contributed by atoms with van der Waals surface area (Å²) in [5.74, 6) is 8.27. The molecule has 1 heterocycles. The van der Waals surface area contributed by atoms with E-state index in [1.54, 1.807) is 11.8 Å². The van der Waals surface area contributed by atoms with Crippen molar-refractivity contribution in [3.05, 3.63) is 46.8 Å². The minimum atomic E-state index is 0.274. The third-order valence-electron chi connectivity index (χ3n) is 3.40. The van der Waals surface area contributed by atoms with E-state index in [9.17, 15) is 0 Å². The molecule has 0 aliphatic rings. The minimum absolute atomic E-state index is 0.274. The summed E-state index contributed by atoms with van der Waals surface area (Å²) < 4.78 is 0. The van der Waals surface area contributed by atoms with Crippen LogP contribution in [0.3, 0.4) is 0 Å². The summed E-state index contributed by atoms with van der Waals surface area (Å²) in [6, 6.07) is 8.42. The van der Waals surface area contributed by atoms with E-state index in [1.807, 2.05) is 6.92 Å². The van der Waals surface area contributed by atoms with Crippen molar-refractivity contribution in [2.75, 3.05) is 5.43 Å². The lowest BCUT2D eigenvalue weighted by Gasteiger charge is -2.13. The first kappa shape index (κ1) is 15.8. The molecule has 0 radical (unpaired) electrons. The number of aromatic nitrogens is 2. The first-order chi connectivity index (χ1) is 10.0. The fraction of sp³-hybridized carbons (Fsp3) is 0.375. The number of nitrogens with zero attached hydrogens (tertiary/aromatic N) is 2. The van der Waals surface area contributed by atoms with Crippen LogP contribution in [-0.2, 0) is 5.75 Å². The zero-order valence-electron chi connectivity index (χ0n) is 13.0. The van der Waals surface area contributed by atoms with Crippen molar-refractivity contribution in [2.24, 2.45) is 5.84 Å². The lowest BCUT2D eigenvalue weighted by Crippen LogP contribution is -2.13. The summed E-state index contributed by atoms with van der Waals surface area (Å²) in [4.78, 5) is 9.14. The van der Waals surface area contributed by atoms with Gasteiger partial charge < -0.3 is 5.43 Å². The first-order valence-corrected chi connectivity index (χ1v) is 8.04. The molecule has 3 N–H and O–H groups in total. The molecular formula is C16H22N4S. The molecule has 5 heteroatoms. The van der Waals surface area contributed by atoms with Gasteiger partial charge >= 0.3 is 0 Å². The molecular weight excluding hydrogens is 280 g/mol. The Bertz CT molecular complexity index is 626. The molecule has 1 aromatic heterocycles. The predicted octanol–water partition coefficient (Wildman–Crippen LogP) is 3.79. The van der Waals surface area contributed by atoms with Gasteiger partial charge in [0.2, 0.25) is 0 Å². The Labute approximate surface area is 130 Å². The number of benzene rings is 1. The standard InChI is InChI=1S/C16H22N4S/c1-10(2)14-18-15(20-17)12(4)16(19-14)21-9-13-8-6-5-7-11(13)3/h5-8,10H,9,17H2,1-4H3,(H,18,19,20). The van der Waals surface area contributed by atoms with E-state index in [1.165, 1.54) is 11.1 Å². The third-order valence-corrected chi connectivity index (χ3v) is 4.52. The Morgan fingerprint density at radius 2 is 1.90 bits per heavy atom. The number of nitrogen functional groups attached to an aromatic ring is 1. The maximum absolute atomic E-state index is 5.57. The largest absolute Gasteiger partial charge is 0.308 e. The highest BCUT2D eigenvalue weighted by molar-refractivity contribution is 7.98. The molecule has 4 nitrogen and oxygen atoms in total. The van der Waals surface area contributed by atoms with Crippen LogP contribution in [0.5, 0.6) is 0 Å². The van der Waals surface area contributed by atoms with Crippen molar-refractivity contribution in [3.63, 3.8) is 0 Å². The van der Waals surface area contributed by atoms with Gasteiger partial charge in [-0.2, -0.15) is 0 Å². The Kier molecular flexibility index (Phi) is 5.20. The molecule has 0 saturated carbocycles. The van der Waals surface area contributed by atoms with Crippen LogP contribution in [0.2, 0.25) is 0 Å². The van der Waals surface area contributed by atoms with E-state index in [0.717, 1.165) is 22.2 Å². The van der Waals surface area contributed by atoms with Crippen LogP contribution < -0.4 is 11.3 Å². The van der Waals surface area contributed by atoms with Crippen molar-refractivity contribution < 1.29 is 0 Å². The van der Waals surface area contributed by atoms with Crippen LogP contribution in [0.1, 0.15) is 42.3 Å². The molecule has 0 bridgehead atoms. The number of hydrogen-bond donors (Lipinski definition) is 2. The van der Waals surface area contributed by atoms with Gasteiger partial charge in [0.1, 0.15) is 16.7 Å². The lowest BCUT2D eigenvalue weighted by molar-refractivity contribution is 0.749. The molecule has 2 rings (SSSR count). The van der Waals surface area contributed by atoms with Crippen LogP contribution in [0.4, 0.5) is 5.82 Å². The van der Waals surface area contributed by atoms with Crippen LogP contribution in [0, 0.1) is 13.8 Å². The Balaban J connectivity index is 2.27. The highest BCUT2D eigenvalue weighted by Crippen LogP contribution is 2.29. The molecule has 0 saturated heterocycles. The van der Waals surface area contributed by atoms with Gasteiger partial charge in [-0.15, -0.1) is 11.8 Å². The number of aryl methyl sites for hydroxylation is 1. The molecule has 0 fully saturated rings. The Morgan fingerprint density at radius 3 is 2.52 bits per heavy atom. The quantitative estimate of drug-likeness (QED) is 0.381. The van der Waals surface area contributed by atoms with E-state index in [4.69, 9.17) is 5.84 Å². The van der Waals surface area contributed by atoms with Crippen molar-refractivity contribution in [1.29, 1.82) is 0 Å². The maximum Gasteiger partial charge on any atom is 0.147 e. The van der Waals surface area contributed by atoms with E-state index in [0.29, 0.717) is 5.82 Å². The number of thioether (sulfide) groups is 1. The summed E-state index contributed by atoms with van der Waals surface area (Å²) >= 11 is 1.73. The summed E-state index contributed by atoms with van der Waals surface area (Å²) in [6.45, 7) is 8.30. The Morgan fingerprint density at radius 1 is 1.19 bits per heavy atom. The summed E-state index contributed by atoms with van der Waals surface area (Å²) in [5, 5.41) is 0.991. The molecule has 0 atom stereocenters. The van der Waals surface area contributed by atoms with E-state index >= 15 is 0 Å². The number of hydrogen-bond acceptors (Lipinski definition) is 5. The van der Waals surface area contributed by atoms with Crippen LogP contribution in [-0.4, -0.2) is 9.97 Å². The second-order valence-electron chi connectivity index (χ2n) is 5.37. The van der Waals surface area contributed by atoms with Gasteiger partial charge in [-0.1, -0.05) is 38.1 Å². The maximum atomic E-state index is 5.57. The highest BCUT2D eigenvalue weighted by Gasteiger charge is 2.13. The van der Waals surface area contributed by atoms with Crippen LogP contribution in [0.25, 0.3) is 0 Å². The summed E-state index contributed by atoms with van der Waals surface area (Å²) in [7, 11) is 0. The minimum Gasteiger partial charge on any atom is -0.308 e. The topological polar surface area (TPSA) is 63.8 Å². The molecule has 0 aliphatic heterocycles. The van der Waals surface area contributed by atoms with Crippen molar-refractivity contribution in [1.82, 2.24) is 9.97 Å². The molecule has 0 aliphatic carbocycles. The molecule has 112 valence electrons. The van der Waals surface area contributed by atoms with Gasteiger partial charge in [0, 0.05) is 17.2 Å². The van der Waals surface area contributed by atoms with Crippen molar-refractivity contribution >= 4 is 17.6 Å². The normalized spacial score (nSPS) is 11.0. The molecule has 0 unspecified atom stereocenters.